The molecule has 0 saturated carbocycles. The second-order valence-corrected chi connectivity index (χ2v) is 4.27. The summed E-state index contributed by atoms with van der Waals surface area (Å²) >= 11 is 0. The van der Waals surface area contributed by atoms with Crippen LogP contribution in [0.5, 0.6) is 0 Å². The Hall–Kier alpha value is -1.39. The maximum atomic E-state index is 11.9. The number of hydrogen-bond donors (Lipinski definition) is 2. The molecule has 1 aromatic rings. The van der Waals surface area contributed by atoms with E-state index in [1.807, 2.05) is 24.3 Å². The Balaban J connectivity index is 1.93. The van der Waals surface area contributed by atoms with Crippen molar-refractivity contribution in [3.05, 3.63) is 35.4 Å². The Labute approximate surface area is 101 Å². The molecule has 0 aliphatic carbocycles. The van der Waals surface area contributed by atoms with E-state index in [4.69, 9.17) is 10.5 Å². The van der Waals surface area contributed by atoms with Crippen molar-refractivity contribution in [1.82, 2.24) is 5.32 Å². The number of rotatable bonds is 4. The van der Waals surface area contributed by atoms with E-state index in [1.165, 1.54) is 0 Å². The molecule has 1 amide bonds. The Kier molecular flexibility index (Phi) is 4.12. The van der Waals surface area contributed by atoms with Gasteiger partial charge in [-0.15, -0.1) is 0 Å². The van der Waals surface area contributed by atoms with E-state index in [2.05, 4.69) is 5.32 Å². The van der Waals surface area contributed by atoms with Crippen LogP contribution < -0.4 is 11.1 Å². The number of amides is 1. The first-order valence-corrected chi connectivity index (χ1v) is 5.97. The normalized spacial score (nSPS) is 19.2. The maximum Gasteiger partial charge on any atom is 0.251 e. The minimum absolute atomic E-state index is 0.0280. The highest BCUT2D eigenvalue weighted by Crippen LogP contribution is 2.08. The highest BCUT2D eigenvalue weighted by molar-refractivity contribution is 5.94. The van der Waals surface area contributed by atoms with Gasteiger partial charge in [0, 0.05) is 12.2 Å². The first-order chi connectivity index (χ1) is 8.29. The molecule has 1 heterocycles. The van der Waals surface area contributed by atoms with Gasteiger partial charge in [0.1, 0.15) is 0 Å². The van der Waals surface area contributed by atoms with E-state index in [1.54, 1.807) is 0 Å². The monoisotopic (exact) mass is 234 g/mol. The van der Waals surface area contributed by atoms with Crippen LogP contribution in [0.3, 0.4) is 0 Å². The lowest BCUT2D eigenvalue weighted by Gasteiger charge is -2.10. The summed E-state index contributed by atoms with van der Waals surface area (Å²) in [4.78, 5) is 11.9. The van der Waals surface area contributed by atoms with E-state index in [9.17, 15) is 4.79 Å². The molecule has 1 fully saturated rings. The molecule has 1 atom stereocenters. The average Bonchev–Trinajstić information content (AvgIpc) is 2.83. The largest absolute Gasteiger partial charge is 0.379 e. The van der Waals surface area contributed by atoms with Gasteiger partial charge >= 0.3 is 0 Å². The SMILES string of the molecule is NCCc1ccc(C(=O)NC2CCOC2)cc1. The molecule has 2 rings (SSSR count). The lowest BCUT2D eigenvalue weighted by atomic mass is 10.1. The van der Waals surface area contributed by atoms with Gasteiger partial charge in [0.25, 0.3) is 5.91 Å². The minimum atomic E-state index is -0.0280. The van der Waals surface area contributed by atoms with Gasteiger partial charge in [-0.3, -0.25) is 4.79 Å². The average molecular weight is 234 g/mol. The van der Waals surface area contributed by atoms with Crippen molar-refractivity contribution in [2.24, 2.45) is 5.73 Å². The highest BCUT2D eigenvalue weighted by Gasteiger charge is 2.18. The lowest BCUT2D eigenvalue weighted by molar-refractivity contribution is 0.0930. The van der Waals surface area contributed by atoms with Crippen LogP contribution in [0.1, 0.15) is 22.3 Å². The van der Waals surface area contributed by atoms with Crippen LogP contribution in [0.2, 0.25) is 0 Å². The third-order valence-corrected chi connectivity index (χ3v) is 2.91. The molecule has 3 N–H and O–H groups in total. The molecule has 17 heavy (non-hydrogen) atoms. The van der Waals surface area contributed by atoms with Crippen LogP contribution >= 0.6 is 0 Å². The molecule has 1 aliphatic rings. The van der Waals surface area contributed by atoms with Crippen LogP contribution in [-0.2, 0) is 11.2 Å². The number of ether oxygens (including phenoxy) is 1. The zero-order chi connectivity index (χ0) is 12.1. The Morgan fingerprint density at radius 3 is 2.76 bits per heavy atom. The predicted molar refractivity (Wildman–Crippen MR) is 65.9 cm³/mol. The smallest absolute Gasteiger partial charge is 0.251 e. The number of nitrogens with two attached hydrogens (primary N) is 1. The molecule has 0 bridgehead atoms. The molecule has 0 spiro atoms. The molecule has 1 unspecified atom stereocenters. The zero-order valence-electron chi connectivity index (χ0n) is 9.82. The molecule has 1 saturated heterocycles. The van der Waals surface area contributed by atoms with Gasteiger partial charge in [-0.05, 0) is 37.1 Å². The van der Waals surface area contributed by atoms with Gasteiger partial charge in [-0.1, -0.05) is 12.1 Å². The number of hydrogen-bond acceptors (Lipinski definition) is 3. The van der Waals surface area contributed by atoms with Crippen molar-refractivity contribution in [3.8, 4) is 0 Å². The molecule has 1 aliphatic heterocycles. The van der Waals surface area contributed by atoms with Gasteiger partial charge in [0.2, 0.25) is 0 Å². The Morgan fingerprint density at radius 2 is 2.18 bits per heavy atom. The molecule has 0 aromatic heterocycles. The summed E-state index contributed by atoms with van der Waals surface area (Å²) < 4.78 is 5.22. The molecule has 92 valence electrons. The van der Waals surface area contributed by atoms with Crippen molar-refractivity contribution in [3.63, 3.8) is 0 Å². The summed E-state index contributed by atoms with van der Waals surface area (Å²) in [6, 6.07) is 7.75. The zero-order valence-corrected chi connectivity index (χ0v) is 9.82. The van der Waals surface area contributed by atoms with Crippen molar-refractivity contribution in [2.45, 2.75) is 18.9 Å². The fraction of sp³-hybridized carbons (Fsp3) is 0.462. The molecule has 1 aromatic carbocycles. The molecular formula is C13H18N2O2. The quantitative estimate of drug-likeness (QED) is 0.806. The van der Waals surface area contributed by atoms with Gasteiger partial charge in [-0.2, -0.15) is 0 Å². The lowest BCUT2D eigenvalue weighted by Crippen LogP contribution is -2.34. The van der Waals surface area contributed by atoms with Crippen LogP contribution in [-0.4, -0.2) is 31.7 Å². The molecular weight excluding hydrogens is 216 g/mol. The second kappa shape index (κ2) is 5.80. The van der Waals surface area contributed by atoms with Gasteiger partial charge in [0.15, 0.2) is 0 Å². The van der Waals surface area contributed by atoms with Crippen LogP contribution in [0.25, 0.3) is 0 Å². The maximum absolute atomic E-state index is 11.9. The molecule has 0 radical (unpaired) electrons. The van der Waals surface area contributed by atoms with Gasteiger partial charge < -0.3 is 15.8 Å². The van der Waals surface area contributed by atoms with Crippen LogP contribution in [0, 0.1) is 0 Å². The predicted octanol–water partition coefficient (Wildman–Crippen LogP) is 0.706. The summed E-state index contributed by atoms with van der Waals surface area (Å²) in [5.74, 6) is -0.0280. The number of benzene rings is 1. The summed E-state index contributed by atoms with van der Waals surface area (Å²) in [5, 5.41) is 2.96. The Morgan fingerprint density at radius 1 is 1.41 bits per heavy atom. The van der Waals surface area contributed by atoms with Crippen molar-refractivity contribution < 1.29 is 9.53 Å². The van der Waals surface area contributed by atoms with Crippen LogP contribution in [0.4, 0.5) is 0 Å². The van der Waals surface area contributed by atoms with E-state index in [0.717, 1.165) is 25.0 Å². The van der Waals surface area contributed by atoms with E-state index >= 15 is 0 Å². The minimum Gasteiger partial charge on any atom is -0.379 e. The van der Waals surface area contributed by atoms with Crippen LogP contribution in [0.15, 0.2) is 24.3 Å². The fourth-order valence-electron chi connectivity index (χ4n) is 1.91. The summed E-state index contributed by atoms with van der Waals surface area (Å²) in [6.07, 6.45) is 1.75. The number of carbonyl (C=O) groups is 1. The molecule has 4 heteroatoms. The summed E-state index contributed by atoms with van der Waals surface area (Å²) in [7, 11) is 0. The van der Waals surface area contributed by atoms with Crippen molar-refractivity contribution in [1.29, 1.82) is 0 Å². The van der Waals surface area contributed by atoms with Crippen molar-refractivity contribution >= 4 is 5.91 Å². The topological polar surface area (TPSA) is 64.4 Å². The molecule has 4 nitrogen and oxygen atoms in total. The summed E-state index contributed by atoms with van der Waals surface area (Å²) in [6.45, 7) is 1.99. The highest BCUT2D eigenvalue weighted by atomic mass is 16.5. The van der Waals surface area contributed by atoms with E-state index in [-0.39, 0.29) is 11.9 Å². The standard InChI is InChI=1S/C13H18N2O2/c14-7-5-10-1-3-11(4-2-10)13(16)15-12-6-8-17-9-12/h1-4,12H,5-9,14H2,(H,15,16). The van der Waals surface area contributed by atoms with Crippen molar-refractivity contribution in [2.75, 3.05) is 19.8 Å². The van der Waals surface area contributed by atoms with Gasteiger partial charge in [0.05, 0.1) is 12.6 Å². The fourth-order valence-corrected chi connectivity index (χ4v) is 1.91. The second-order valence-electron chi connectivity index (χ2n) is 4.27. The number of carbonyl (C=O) groups excluding carboxylic acids is 1. The van der Waals surface area contributed by atoms with E-state index in [0.29, 0.717) is 18.7 Å². The first kappa shape index (κ1) is 12.1. The third kappa shape index (κ3) is 3.28. The first-order valence-electron chi connectivity index (χ1n) is 5.97. The van der Waals surface area contributed by atoms with Gasteiger partial charge in [-0.25, -0.2) is 0 Å². The van der Waals surface area contributed by atoms with E-state index < -0.39 is 0 Å². The summed E-state index contributed by atoms with van der Waals surface area (Å²) in [5.41, 5.74) is 7.33. The number of nitrogens with one attached hydrogen (secondary N) is 1. The third-order valence-electron chi connectivity index (χ3n) is 2.91. The Bertz CT molecular complexity index is 370.